The second kappa shape index (κ2) is 8.11. The van der Waals surface area contributed by atoms with Crippen LogP contribution < -0.4 is 5.32 Å². The van der Waals surface area contributed by atoms with E-state index in [0.29, 0.717) is 24.5 Å². The van der Waals surface area contributed by atoms with Crippen molar-refractivity contribution in [2.45, 2.75) is 26.7 Å². The van der Waals surface area contributed by atoms with Gasteiger partial charge in [-0.05, 0) is 55.9 Å². The third kappa shape index (κ3) is 3.72. The molecule has 5 heterocycles. The molecule has 1 fully saturated rings. The monoisotopic (exact) mass is 430 g/mol. The van der Waals surface area contributed by atoms with E-state index in [1.54, 1.807) is 12.4 Å². The second-order valence-electron chi connectivity index (χ2n) is 8.63. The van der Waals surface area contributed by atoms with Crippen molar-refractivity contribution in [2.75, 3.05) is 19.6 Å². The molecule has 1 N–H and O–H groups in total. The fourth-order valence-electron chi connectivity index (χ4n) is 4.41. The van der Waals surface area contributed by atoms with Crippen molar-refractivity contribution < 1.29 is 9.59 Å². The van der Waals surface area contributed by atoms with Crippen LogP contribution in [0.4, 0.5) is 0 Å². The van der Waals surface area contributed by atoms with Gasteiger partial charge in [0, 0.05) is 32.0 Å². The zero-order valence-corrected chi connectivity index (χ0v) is 18.3. The van der Waals surface area contributed by atoms with Gasteiger partial charge in [0.1, 0.15) is 22.7 Å². The lowest BCUT2D eigenvalue weighted by Crippen LogP contribution is -2.44. The maximum atomic E-state index is 13.2. The largest absolute Gasteiger partial charge is 0.350 e. The predicted octanol–water partition coefficient (Wildman–Crippen LogP) is 2.88. The Labute approximate surface area is 185 Å². The highest BCUT2D eigenvalue weighted by Crippen LogP contribution is 2.19. The molecule has 0 unspecified atom stereocenters. The first-order valence-electron chi connectivity index (χ1n) is 10.9. The molecule has 0 saturated carbocycles. The minimum Gasteiger partial charge on any atom is -0.350 e. The van der Waals surface area contributed by atoms with Crippen molar-refractivity contribution in [3.8, 4) is 0 Å². The number of hydrogen-bond donors (Lipinski definition) is 1. The number of rotatable bonds is 4. The summed E-state index contributed by atoms with van der Waals surface area (Å²) in [6.07, 6.45) is 8.99. The second-order valence-corrected chi connectivity index (χ2v) is 8.63. The van der Waals surface area contributed by atoms with Gasteiger partial charge in [0.05, 0.1) is 12.4 Å². The number of likely N-dealkylation sites (tertiary alicyclic amines) is 1. The summed E-state index contributed by atoms with van der Waals surface area (Å²) < 4.78 is 3.67. The van der Waals surface area contributed by atoms with E-state index in [0.717, 1.165) is 41.8 Å². The van der Waals surface area contributed by atoms with E-state index in [-0.39, 0.29) is 17.7 Å². The minimum atomic E-state index is -0.149. The van der Waals surface area contributed by atoms with Gasteiger partial charge in [-0.1, -0.05) is 12.1 Å². The van der Waals surface area contributed by atoms with Gasteiger partial charge in [0.2, 0.25) is 0 Å². The standard InChI is InChI=1S/C24H26N6O2/c1-16-5-7-21-25-11-19(29(21)13-16)23(31)27-10-18-4-3-9-28(15-18)24(32)20-12-26-22-8-6-17(2)14-30(20)22/h5-8,11-14,18H,3-4,9-10,15H2,1-2H3,(H,27,31)/t18-/m0/s1. The van der Waals surface area contributed by atoms with Crippen molar-refractivity contribution in [1.29, 1.82) is 0 Å². The molecule has 164 valence electrons. The Hall–Kier alpha value is -3.68. The number of hydrogen-bond acceptors (Lipinski definition) is 4. The number of aromatic nitrogens is 4. The summed E-state index contributed by atoms with van der Waals surface area (Å²) in [5, 5.41) is 3.04. The predicted molar refractivity (Wildman–Crippen MR) is 121 cm³/mol. The SMILES string of the molecule is Cc1ccc2ncc(C(=O)NC[C@@H]3CCCN(C(=O)c4cnc5ccc(C)cn45)C3)n2c1. The van der Waals surface area contributed by atoms with Gasteiger partial charge in [-0.25, -0.2) is 9.97 Å². The molecule has 0 spiro atoms. The summed E-state index contributed by atoms with van der Waals surface area (Å²) in [5.41, 5.74) is 4.75. The molecule has 1 aliphatic rings. The number of carbonyl (C=O) groups excluding carboxylic acids is 2. The molecule has 0 bridgehead atoms. The summed E-state index contributed by atoms with van der Waals surface area (Å²) in [5.74, 6) is 0.0405. The van der Waals surface area contributed by atoms with Crippen molar-refractivity contribution in [2.24, 2.45) is 5.92 Å². The van der Waals surface area contributed by atoms with Crippen LogP contribution in [0.5, 0.6) is 0 Å². The van der Waals surface area contributed by atoms with Crippen LogP contribution in [0.2, 0.25) is 0 Å². The Balaban J connectivity index is 1.26. The molecule has 0 radical (unpaired) electrons. The number of aryl methyl sites for hydroxylation is 2. The highest BCUT2D eigenvalue weighted by Gasteiger charge is 2.27. The van der Waals surface area contributed by atoms with Gasteiger partial charge in [-0.3, -0.25) is 18.4 Å². The Bertz CT molecular complexity index is 1320. The van der Waals surface area contributed by atoms with E-state index in [4.69, 9.17) is 0 Å². The summed E-state index contributed by atoms with van der Waals surface area (Å²) in [7, 11) is 0. The molecule has 4 aromatic heterocycles. The van der Waals surface area contributed by atoms with Gasteiger partial charge in [0.25, 0.3) is 11.8 Å². The van der Waals surface area contributed by atoms with Crippen LogP contribution in [-0.4, -0.2) is 55.1 Å². The number of nitrogens with zero attached hydrogens (tertiary/aromatic N) is 5. The molecular weight excluding hydrogens is 404 g/mol. The molecule has 0 aliphatic carbocycles. The van der Waals surface area contributed by atoms with Crippen molar-refractivity contribution in [3.05, 3.63) is 71.6 Å². The average molecular weight is 431 g/mol. The first kappa shape index (κ1) is 20.2. The molecule has 32 heavy (non-hydrogen) atoms. The topological polar surface area (TPSA) is 84.0 Å². The van der Waals surface area contributed by atoms with Crippen LogP contribution in [0.1, 0.15) is 44.9 Å². The molecule has 1 aliphatic heterocycles. The minimum absolute atomic E-state index is 0.0172. The summed E-state index contributed by atoms with van der Waals surface area (Å²) in [6, 6.07) is 7.78. The molecule has 5 rings (SSSR count). The number of carbonyl (C=O) groups is 2. The first-order valence-corrected chi connectivity index (χ1v) is 10.9. The number of amides is 2. The first-order chi connectivity index (χ1) is 15.5. The summed E-state index contributed by atoms with van der Waals surface area (Å²) >= 11 is 0. The Morgan fingerprint density at radius 1 is 0.969 bits per heavy atom. The van der Waals surface area contributed by atoms with E-state index in [1.165, 1.54) is 0 Å². The number of piperidine rings is 1. The summed E-state index contributed by atoms with van der Waals surface area (Å²) in [6.45, 7) is 5.84. The van der Waals surface area contributed by atoms with Crippen LogP contribution in [-0.2, 0) is 0 Å². The quantitative estimate of drug-likeness (QED) is 0.540. The van der Waals surface area contributed by atoms with Crippen LogP contribution in [0.15, 0.2) is 49.1 Å². The molecule has 0 aromatic carbocycles. The highest BCUT2D eigenvalue weighted by molar-refractivity contribution is 5.94. The number of pyridine rings is 2. The van der Waals surface area contributed by atoms with Gasteiger partial charge < -0.3 is 10.2 Å². The van der Waals surface area contributed by atoms with Crippen molar-refractivity contribution in [1.82, 2.24) is 29.0 Å². The molecule has 8 nitrogen and oxygen atoms in total. The maximum absolute atomic E-state index is 13.2. The van der Waals surface area contributed by atoms with E-state index in [9.17, 15) is 9.59 Å². The van der Waals surface area contributed by atoms with Crippen LogP contribution in [0.3, 0.4) is 0 Å². The summed E-state index contributed by atoms with van der Waals surface area (Å²) in [4.78, 5) is 36.5. The Kier molecular flexibility index (Phi) is 5.13. The van der Waals surface area contributed by atoms with E-state index < -0.39 is 0 Å². The molecule has 1 saturated heterocycles. The van der Waals surface area contributed by atoms with Crippen molar-refractivity contribution in [3.63, 3.8) is 0 Å². The number of nitrogens with one attached hydrogen (secondary N) is 1. The third-order valence-electron chi connectivity index (χ3n) is 6.12. The van der Waals surface area contributed by atoms with E-state index in [1.807, 2.05) is 64.2 Å². The zero-order chi connectivity index (χ0) is 22.2. The lowest BCUT2D eigenvalue weighted by Gasteiger charge is -2.32. The highest BCUT2D eigenvalue weighted by atomic mass is 16.2. The molecular formula is C24H26N6O2. The molecule has 8 heteroatoms. The smallest absolute Gasteiger partial charge is 0.272 e. The molecule has 2 amide bonds. The third-order valence-corrected chi connectivity index (χ3v) is 6.12. The van der Waals surface area contributed by atoms with E-state index in [2.05, 4.69) is 15.3 Å². The van der Waals surface area contributed by atoms with Gasteiger partial charge in [-0.15, -0.1) is 0 Å². The van der Waals surface area contributed by atoms with Crippen LogP contribution in [0.25, 0.3) is 11.3 Å². The lowest BCUT2D eigenvalue weighted by atomic mass is 9.97. The van der Waals surface area contributed by atoms with Gasteiger partial charge >= 0.3 is 0 Å². The molecule has 1 atom stereocenters. The van der Waals surface area contributed by atoms with Gasteiger partial charge in [0.15, 0.2) is 0 Å². The van der Waals surface area contributed by atoms with Gasteiger partial charge in [-0.2, -0.15) is 0 Å². The average Bonchev–Trinajstić information content (AvgIpc) is 3.40. The van der Waals surface area contributed by atoms with Crippen LogP contribution in [0, 0.1) is 19.8 Å². The Morgan fingerprint density at radius 2 is 1.59 bits per heavy atom. The fourth-order valence-corrected chi connectivity index (χ4v) is 4.41. The Morgan fingerprint density at radius 3 is 2.28 bits per heavy atom. The fraction of sp³-hybridized carbons (Fsp3) is 0.333. The number of fused-ring (bicyclic) bond motifs is 2. The van der Waals surface area contributed by atoms with Crippen molar-refractivity contribution >= 4 is 23.1 Å². The maximum Gasteiger partial charge on any atom is 0.272 e. The zero-order valence-electron chi connectivity index (χ0n) is 18.3. The molecule has 4 aromatic rings. The normalized spacial score (nSPS) is 16.6. The van der Waals surface area contributed by atoms with E-state index >= 15 is 0 Å². The lowest BCUT2D eigenvalue weighted by molar-refractivity contribution is 0.0664. The van der Waals surface area contributed by atoms with Crippen LogP contribution >= 0.6 is 0 Å². The number of imidazole rings is 2.